The summed E-state index contributed by atoms with van der Waals surface area (Å²) in [6.07, 6.45) is 6.81. The molecule has 3 N–H and O–H groups in total. The molecule has 1 heterocycles. The van der Waals surface area contributed by atoms with E-state index in [0.717, 1.165) is 25.1 Å². The molecule has 0 aromatic carbocycles. The van der Waals surface area contributed by atoms with Crippen molar-refractivity contribution in [2.45, 2.75) is 69.1 Å². The minimum atomic E-state index is -0.418. The molecule has 2 unspecified atom stereocenters. The molecule has 8 heteroatoms. The van der Waals surface area contributed by atoms with Crippen LogP contribution < -0.4 is 11.1 Å². The maximum absolute atomic E-state index is 12.2. The smallest absolute Gasteiger partial charge is 0.237 e. The van der Waals surface area contributed by atoms with Crippen molar-refractivity contribution < 1.29 is 9.59 Å². The molecule has 0 aliphatic heterocycles. The number of rotatable bonds is 7. The second-order valence-electron chi connectivity index (χ2n) is 6.89. The molecule has 2 aliphatic rings. The molecule has 2 atom stereocenters. The third-order valence-electron chi connectivity index (χ3n) is 4.79. The van der Waals surface area contributed by atoms with Crippen LogP contribution in [0, 0.1) is 5.92 Å². The van der Waals surface area contributed by atoms with E-state index in [2.05, 4.69) is 22.4 Å². The van der Waals surface area contributed by atoms with E-state index in [0.29, 0.717) is 17.0 Å². The van der Waals surface area contributed by atoms with Crippen molar-refractivity contribution in [1.82, 2.24) is 20.1 Å². The lowest BCUT2D eigenvalue weighted by Gasteiger charge is -2.29. The van der Waals surface area contributed by atoms with Crippen LogP contribution in [0.5, 0.6) is 0 Å². The molecule has 0 saturated heterocycles. The fraction of sp³-hybridized carbons (Fsp3) is 0.750. The highest BCUT2D eigenvalue weighted by atomic mass is 32.2. The molecule has 0 bridgehead atoms. The summed E-state index contributed by atoms with van der Waals surface area (Å²) >= 11 is 1.32. The van der Waals surface area contributed by atoms with Gasteiger partial charge in [-0.1, -0.05) is 31.5 Å². The lowest BCUT2D eigenvalue weighted by Crippen LogP contribution is -2.41. The number of carbonyl (C=O) groups excluding carboxylic acids is 2. The molecule has 0 radical (unpaired) electrons. The van der Waals surface area contributed by atoms with Crippen LogP contribution in [0.25, 0.3) is 0 Å². The van der Waals surface area contributed by atoms with Crippen LogP contribution in [0.15, 0.2) is 5.16 Å². The summed E-state index contributed by atoms with van der Waals surface area (Å²) in [6.45, 7) is 2.27. The first-order valence-corrected chi connectivity index (χ1v) is 9.66. The van der Waals surface area contributed by atoms with E-state index in [-0.39, 0.29) is 24.2 Å². The number of nitrogens with zero attached hydrogens (tertiary/aromatic N) is 3. The van der Waals surface area contributed by atoms with Gasteiger partial charge in [0.1, 0.15) is 12.4 Å². The summed E-state index contributed by atoms with van der Waals surface area (Å²) < 4.78 is 1.77. The van der Waals surface area contributed by atoms with E-state index in [1.165, 1.54) is 31.0 Å². The van der Waals surface area contributed by atoms with Crippen molar-refractivity contribution in [3.63, 3.8) is 0 Å². The van der Waals surface area contributed by atoms with E-state index in [4.69, 9.17) is 5.73 Å². The Morgan fingerprint density at radius 3 is 2.67 bits per heavy atom. The number of aromatic nitrogens is 3. The Bertz CT molecular complexity index is 614. The summed E-state index contributed by atoms with van der Waals surface area (Å²) in [5, 5.41) is 12.1. The van der Waals surface area contributed by atoms with Gasteiger partial charge >= 0.3 is 0 Å². The van der Waals surface area contributed by atoms with Gasteiger partial charge in [0.05, 0.1) is 5.75 Å². The molecule has 2 fully saturated rings. The third kappa shape index (κ3) is 4.28. The number of hydrogen-bond donors (Lipinski definition) is 2. The van der Waals surface area contributed by atoms with Gasteiger partial charge in [0.2, 0.25) is 11.8 Å². The van der Waals surface area contributed by atoms with Gasteiger partial charge in [-0.3, -0.25) is 14.2 Å². The van der Waals surface area contributed by atoms with Crippen LogP contribution >= 0.6 is 11.8 Å². The van der Waals surface area contributed by atoms with Crippen molar-refractivity contribution in [3.8, 4) is 0 Å². The number of primary amides is 1. The van der Waals surface area contributed by atoms with Crippen molar-refractivity contribution in [3.05, 3.63) is 5.82 Å². The van der Waals surface area contributed by atoms with Crippen LogP contribution in [-0.2, 0) is 16.1 Å². The Hall–Kier alpha value is -1.57. The molecule has 7 nitrogen and oxygen atoms in total. The number of nitrogens with one attached hydrogen (secondary N) is 1. The van der Waals surface area contributed by atoms with Crippen LogP contribution in [0.3, 0.4) is 0 Å². The minimum absolute atomic E-state index is 0.0142. The first-order valence-electron chi connectivity index (χ1n) is 8.68. The highest BCUT2D eigenvalue weighted by Gasteiger charge is 2.31. The molecule has 2 aliphatic carbocycles. The van der Waals surface area contributed by atoms with Crippen molar-refractivity contribution in [2.24, 2.45) is 11.7 Å². The normalized spacial score (nSPS) is 23.9. The Kier molecular flexibility index (Phi) is 5.43. The van der Waals surface area contributed by atoms with Crippen LogP contribution in [0.2, 0.25) is 0 Å². The van der Waals surface area contributed by atoms with Crippen molar-refractivity contribution >= 4 is 23.6 Å². The highest BCUT2D eigenvalue weighted by molar-refractivity contribution is 7.99. The summed E-state index contributed by atoms with van der Waals surface area (Å²) in [5.74, 6) is 1.61. The zero-order valence-corrected chi connectivity index (χ0v) is 14.8. The predicted octanol–water partition coefficient (Wildman–Crippen LogP) is 1.43. The molecule has 24 heavy (non-hydrogen) atoms. The fourth-order valence-electron chi connectivity index (χ4n) is 3.26. The second-order valence-corrected chi connectivity index (χ2v) is 7.83. The largest absolute Gasteiger partial charge is 0.368 e. The predicted molar refractivity (Wildman–Crippen MR) is 91.5 cm³/mol. The van der Waals surface area contributed by atoms with Gasteiger partial charge < -0.3 is 11.1 Å². The first-order chi connectivity index (χ1) is 11.5. The van der Waals surface area contributed by atoms with E-state index < -0.39 is 5.91 Å². The zero-order valence-electron chi connectivity index (χ0n) is 14.0. The number of carbonyl (C=O) groups is 2. The SMILES string of the molecule is CC1CCCCC1NC(=O)CSc1nnc(C2CC2)n1CC(N)=O. The molecule has 3 rings (SSSR count). The average Bonchev–Trinajstić information content (AvgIpc) is 3.30. The van der Waals surface area contributed by atoms with E-state index in [9.17, 15) is 9.59 Å². The lowest BCUT2D eigenvalue weighted by atomic mass is 9.86. The summed E-state index contributed by atoms with van der Waals surface area (Å²) in [4.78, 5) is 23.5. The van der Waals surface area contributed by atoms with E-state index >= 15 is 0 Å². The number of hydrogen-bond acceptors (Lipinski definition) is 5. The molecular weight excluding hydrogens is 326 g/mol. The Morgan fingerprint density at radius 2 is 2.00 bits per heavy atom. The van der Waals surface area contributed by atoms with E-state index in [1.54, 1.807) is 4.57 Å². The van der Waals surface area contributed by atoms with Crippen LogP contribution in [0.4, 0.5) is 0 Å². The molecule has 132 valence electrons. The Morgan fingerprint density at radius 1 is 1.25 bits per heavy atom. The average molecular weight is 351 g/mol. The van der Waals surface area contributed by atoms with Crippen molar-refractivity contribution in [2.75, 3.05) is 5.75 Å². The molecule has 1 aromatic rings. The van der Waals surface area contributed by atoms with Gasteiger partial charge in [-0.2, -0.15) is 0 Å². The Balaban J connectivity index is 1.57. The highest BCUT2D eigenvalue weighted by Crippen LogP contribution is 2.40. The monoisotopic (exact) mass is 351 g/mol. The second kappa shape index (κ2) is 7.55. The summed E-state index contributed by atoms with van der Waals surface area (Å²) in [5.41, 5.74) is 5.33. The maximum Gasteiger partial charge on any atom is 0.237 e. The quantitative estimate of drug-likeness (QED) is 0.723. The molecule has 2 saturated carbocycles. The fourth-order valence-corrected chi connectivity index (χ4v) is 4.02. The minimum Gasteiger partial charge on any atom is -0.368 e. The lowest BCUT2D eigenvalue weighted by molar-refractivity contribution is -0.120. The van der Waals surface area contributed by atoms with Crippen LogP contribution in [0.1, 0.15) is 57.2 Å². The standard InChI is InChI=1S/C16H25N5O2S/c1-10-4-2-3-5-12(10)18-14(23)9-24-16-20-19-15(11-6-7-11)21(16)8-13(17)22/h10-12H,2-9H2,1H3,(H2,17,22)(H,18,23). The summed E-state index contributed by atoms with van der Waals surface area (Å²) in [6, 6.07) is 0.275. The summed E-state index contributed by atoms with van der Waals surface area (Å²) in [7, 11) is 0. The van der Waals surface area contributed by atoms with Gasteiger partial charge in [0.25, 0.3) is 0 Å². The number of thioether (sulfide) groups is 1. The molecule has 0 spiro atoms. The van der Waals surface area contributed by atoms with Crippen LogP contribution in [-0.4, -0.2) is 38.4 Å². The third-order valence-corrected chi connectivity index (χ3v) is 5.76. The number of nitrogens with two attached hydrogens (primary N) is 1. The molecule has 2 amide bonds. The van der Waals surface area contributed by atoms with E-state index in [1.807, 2.05) is 0 Å². The zero-order chi connectivity index (χ0) is 17.1. The van der Waals surface area contributed by atoms with Gasteiger partial charge in [0.15, 0.2) is 5.16 Å². The van der Waals surface area contributed by atoms with Gasteiger partial charge in [-0.25, -0.2) is 0 Å². The molecule has 1 aromatic heterocycles. The first kappa shape index (κ1) is 17.3. The van der Waals surface area contributed by atoms with Gasteiger partial charge in [0, 0.05) is 12.0 Å². The maximum atomic E-state index is 12.2. The molecular formula is C16H25N5O2S. The Labute approximate surface area is 146 Å². The van der Waals surface area contributed by atoms with Gasteiger partial charge in [-0.05, 0) is 31.6 Å². The number of amides is 2. The van der Waals surface area contributed by atoms with Crippen molar-refractivity contribution in [1.29, 1.82) is 0 Å². The topological polar surface area (TPSA) is 103 Å². The van der Waals surface area contributed by atoms with Gasteiger partial charge in [-0.15, -0.1) is 10.2 Å².